The summed E-state index contributed by atoms with van der Waals surface area (Å²) in [6, 6.07) is 10.3. The van der Waals surface area contributed by atoms with Gasteiger partial charge in [0.2, 0.25) is 10.0 Å². The van der Waals surface area contributed by atoms with Gasteiger partial charge in [-0.25, -0.2) is 8.42 Å². The van der Waals surface area contributed by atoms with Crippen molar-refractivity contribution in [1.82, 2.24) is 9.29 Å². The van der Waals surface area contributed by atoms with E-state index >= 15 is 0 Å². The minimum atomic E-state index is -3.42. The molecule has 1 aromatic carbocycles. The van der Waals surface area contributed by atoms with Crippen molar-refractivity contribution in [2.45, 2.75) is 30.3 Å². The van der Waals surface area contributed by atoms with Crippen LogP contribution in [0.4, 0.5) is 5.69 Å². The molecule has 7 heteroatoms. The van der Waals surface area contributed by atoms with Crippen LogP contribution in [0.2, 0.25) is 0 Å². The SMILES string of the molecule is CN(C1CC1)S(=O)(=O)c1ccc(NCc2ccc[nH]c2=O)cc1. The maximum Gasteiger partial charge on any atom is 0.252 e. The highest BCUT2D eigenvalue weighted by Gasteiger charge is 2.34. The molecule has 0 spiro atoms. The van der Waals surface area contributed by atoms with E-state index in [4.69, 9.17) is 0 Å². The third-order valence-corrected chi connectivity index (χ3v) is 5.90. The molecule has 1 fully saturated rings. The fourth-order valence-corrected chi connectivity index (χ4v) is 3.75. The molecule has 23 heavy (non-hydrogen) atoms. The summed E-state index contributed by atoms with van der Waals surface area (Å²) < 4.78 is 26.3. The molecule has 122 valence electrons. The number of aromatic amines is 1. The van der Waals surface area contributed by atoms with E-state index in [0.29, 0.717) is 12.1 Å². The van der Waals surface area contributed by atoms with Crippen LogP contribution >= 0.6 is 0 Å². The Kier molecular flexibility index (Phi) is 4.23. The van der Waals surface area contributed by atoms with Crippen molar-refractivity contribution in [3.63, 3.8) is 0 Å². The van der Waals surface area contributed by atoms with Crippen molar-refractivity contribution in [3.05, 3.63) is 58.5 Å². The Labute approximate surface area is 135 Å². The van der Waals surface area contributed by atoms with Gasteiger partial charge in [0.05, 0.1) is 4.90 Å². The van der Waals surface area contributed by atoms with E-state index < -0.39 is 10.0 Å². The lowest BCUT2D eigenvalue weighted by Crippen LogP contribution is -2.28. The van der Waals surface area contributed by atoms with Gasteiger partial charge in [-0.15, -0.1) is 0 Å². The molecule has 0 atom stereocenters. The maximum absolute atomic E-state index is 12.4. The second-order valence-corrected chi connectivity index (χ2v) is 7.65. The molecule has 2 N–H and O–H groups in total. The molecule has 0 aliphatic heterocycles. The van der Waals surface area contributed by atoms with E-state index in [2.05, 4.69) is 10.3 Å². The number of aromatic nitrogens is 1. The summed E-state index contributed by atoms with van der Waals surface area (Å²) in [6.07, 6.45) is 3.45. The second kappa shape index (κ2) is 6.17. The molecule has 0 bridgehead atoms. The van der Waals surface area contributed by atoms with Crippen LogP contribution < -0.4 is 10.9 Å². The number of hydrogen-bond donors (Lipinski definition) is 2. The Morgan fingerprint density at radius 1 is 1.22 bits per heavy atom. The van der Waals surface area contributed by atoms with E-state index in [-0.39, 0.29) is 16.5 Å². The monoisotopic (exact) mass is 333 g/mol. The standard InChI is InChI=1S/C16H19N3O3S/c1-19(14-6-7-14)23(21,22)15-8-4-13(5-9-15)18-11-12-3-2-10-17-16(12)20/h2-5,8-10,14,18H,6-7,11H2,1H3,(H,17,20). The van der Waals surface area contributed by atoms with Crippen LogP contribution in [0, 0.1) is 0 Å². The molecule has 1 saturated carbocycles. The van der Waals surface area contributed by atoms with Crippen LogP contribution in [0.25, 0.3) is 0 Å². The summed E-state index contributed by atoms with van der Waals surface area (Å²) >= 11 is 0. The molecule has 2 aromatic rings. The van der Waals surface area contributed by atoms with Crippen molar-refractivity contribution in [2.75, 3.05) is 12.4 Å². The maximum atomic E-state index is 12.4. The third kappa shape index (κ3) is 3.46. The van der Waals surface area contributed by atoms with Crippen molar-refractivity contribution in [2.24, 2.45) is 0 Å². The number of hydrogen-bond acceptors (Lipinski definition) is 4. The van der Waals surface area contributed by atoms with E-state index in [0.717, 1.165) is 18.5 Å². The number of nitrogens with zero attached hydrogens (tertiary/aromatic N) is 1. The number of pyridine rings is 1. The van der Waals surface area contributed by atoms with Gasteiger partial charge in [-0.2, -0.15) is 4.31 Å². The molecular weight excluding hydrogens is 314 g/mol. The van der Waals surface area contributed by atoms with Gasteiger partial charge in [-0.3, -0.25) is 4.79 Å². The summed E-state index contributed by atoms with van der Waals surface area (Å²) in [4.78, 5) is 14.5. The second-order valence-electron chi connectivity index (χ2n) is 5.65. The number of rotatable bonds is 6. The predicted molar refractivity (Wildman–Crippen MR) is 88.8 cm³/mol. The Morgan fingerprint density at radius 3 is 2.52 bits per heavy atom. The smallest absolute Gasteiger partial charge is 0.252 e. The third-order valence-electron chi connectivity index (χ3n) is 3.98. The van der Waals surface area contributed by atoms with Crippen LogP contribution in [0.3, 0.4) is 0 Å². The van der Waals surface area contributed by atoms with Crippen molar-refractivity contribution in [3.8, 4) is 0 Å². The number of anilines is 1. The highest BCUT2D eigenvalue weighted by atomic mass is 32.2. The first kappa shape index (κ1) is 15.8. The van der Waals surface area contributed by atoms with Gasteiger partial charge in [0, 0.05) is 37.1 Å². The number of nitrogens with one attached hydrogen (secondary N) is 2. The summed E-state index contributed by atoms with van der Waals surface area (Å²) in [6.45, 7) is 0.379. The molecule has 6 nitrogen and oxygen atoms in total. The zero-order valence-corrected chi connectivity index (χ0v) is 13.6. The molecule has 1 aromatic heterocycles. The fraction of sp³-hybridized carbons (Fsp3) is 0.312. The number of sulfonamides is 1. The highest BCUT2D eigenvalue weighted by Crippen LogP contribution is 2.30. The first-order chi connectivity index (χ1) is 11.0. The minimum absolute atomic E-state index is 0.134. The van der Waals surface area contributed by atoms with E-state index in [1.807, 2.05) is 0 Å². The van der Waals surface area contributed by atoms with Crippen molar-refractivity contribution in [1.29, 1.82) is 0 Å². The quantitative estimate of drug-likeness (QED) is 0.844. The van der Waals surface area contributed by atoms with Gasteiger partial charge in [0.25, 0.3) is 5.56 Å². The zero-order valence-electron chi connectivity index (χ0n) is 12.8. The Bertz CT molecular complexity index is 839. The van der Waals surface area contributed by atoms with E-state index in [1.54, 1.807) is 49.6 Å². The summed E-state index contributed by atoms with van der Waals surface area (Å²) in [5, 5.41) is 3.12. The topological polar surface area (TPSA) is 82.3 Å². The van der Waals surface area contributed by atoms with Gasteiger partial charge in [0.1, 0.15) is 0 Å². The average molecular weight is 333 g/mol. The van der Waals surface area contributed by atoms with Gasteiger partial charge in [0.15, 0.2) is 0 Å². The highest BCUT2D eigenvalue weighted by molar-refractivity contribution is 7.89. The van der Waals surface area contributed by atoms with E-state index in [1.165, 1.54) is 4.31 Å². The van der Waals surface area contributed by atoms with Gasteiger partial charge >= 0.3 is 0 Å². The molecular formula is C16H19N3O3S. The van der Waals surface area contributed by atoms with Crippen molar-refractivity contribution >= 4 is 15.7 Å². The van der Waals surface area contributed by atoms with Crippen LogP contribution in [0.5, 0.6) is 0 Å². The molecule has 1 aliphatic carbocycles. The van der Waals surface area contributed by atoms with Gasteiger partial charge < -0.3 is 10.3 Å². The first-order valence-corrected chi connectivity index (χ1v) is 8.91. The largest absolute Gasteiger partial charge is 0.381 e. The fourth-order valence-electron chi connectivity index (χ4n) is 2.34. The van der Waals surface area contributed by atoms with Crippen LogP contribution in [0.15, 0.2) is 52.3 Å². The molecule has 0 saturated heterocycles. The van der Waals surface area contributed by atoms with Gasteiger partial charge in [-0.1, -0.05) is 6.07 Å². The van der Waals surface area contributed by atoms with Crippen LogP contribution in [-0.4, -0.2) is 30.8 Å². The van der Waals surface area contributed by atoms with E-state index in [9.17, 15) is 13.2 Å². The summed E-state index contributed by atoms with van der Waals surface area (Å²) in [5.41, 5.74) is 1.25. The Morgan fingerprint density at radius 2 is 1.91 bits per heavy atom. The lowest BCUT2D eigenvalue weighted by atomic mass is 10.2. The molecule has 0 unspecified atom stereocenters. The average Bonchev–Trinajstić information content (AvgIpc) is 3.38. The molecule has 1 aliphatic rings. The Hall–Kier alpha value is -2.12. The lowest BCUT2D eigenvalue weighted by Gasteiger charge is -2.16. The normalized spacial score (nSPS) is 14.9. The lowest BCUT2D eigenvalue weighted by molar-refractivity contribution is 0.464. The zero-order chi connectivity index (χ0) is 16.4. The van der Waals surface area contributed by atoms with Crippen LogP contribution in [0.1, 0.15) is 18.4 Å². The molecule has 0 amide bonds. The number of benzene rings is 1. The first-order valence-electron chi connectivity index (χ1n) is 7.47. The summed E-state index contributed by atoms with van der Waals surface area (Å²) in [5.74, 6) is 0. The van der Waals surface area contributed by atoms with Gasteiger partial charge in [-0.05, 0) is 43.2 Å². The predicted octanol–water partition coefficient (Wildman–Crippen LogP) is 1.77. The minimum Gasteiger partial charge on any atom is -0.381 e. The Balaban J connectivity index is 1.70. The molecule has 3 rings (SSSR count). The number of H-pyrrole nitrogens is 1. The van der Waals surface area contributed by atoms with Crippen LogP contribution in [-0.2, 0) is 16.6 Å². The molecule has 0 radical (unpaired) electrons. The van der Waals surface area contributed by atoms with Crippen molar-refractivity contribution < 1.29 is 8.42 Å². The molecule has 1 heterocycles. The summed E-state index contributed by atoms with van der Waals surface area (Å²) in [7, 11) is -1.79.